The van der Waals surface area contributed by atoms with Gasteiger partial charge in [-0.25, -0.2) is 4.68 Å². The number of aryl methyl sites for hydroxylation is 1. The van der Waals surface area contributed by atoms with Gasteiger partial charge in [0, 0.05) is 18.3 Å². The van der Waals surface area contributed by atoms with Gasteiger partial charge in [0.25, 0.3) is 0 Å². The largest absolute Gasteiger partial charge is 0.344 e. The summed E-state index contributed by atoms with van der Waals surface area (Å²) in [6.45, 7) is 3.80. The van der Waals surface area contributed by atoms with E-state index in [1.165, 1.54) is 0 Å². The lowest BCUT2D eigenvalue weighted by Gasteiger charge is -2.22. The van der Waals surface area contributed by atoms with Gasteiger partial charge >= 0.3 is 0 Å². The van der Waals surface area contributed by atoms with Crippen LogP contribution in [-0.4, -0.2) is 38.1 Å². The van der Waals surface area contributed by atoms with Crippen molar-refractivity contribution in [2.24, 2.45) is 13.0 Å². The average molecular weight is 392 g/mol. The topological polar surface area (TPSA) is 102 Å². The van der Waals surface area contributed by atoms with Gasteiger partial charge in [-0.15, -0.1) is 5.10 Å². The van der Waals surface area contributed by atoms with E-state index in [0.717, 1.165) is 11.1 Å². The molecule has 0 saturated carbocycles. The maximum Gasteiger partial charge on any atom is 0.247 e. The molecule has 0 radical (unpaired) electrons. The van der Waals surface area contributed by atoms with Gasteiger partial charge in [-0.05, 0) is 34.0 Å². The lowest BCUT2D eigenvalue weighted by Crippen LogP contribution is -2.47. The van der Waals surface area contributed by atoms with Crippen molar-refractivity contribution in [1.82, 2.24) is 25.5 Å². The zero-order valence-electron chi connectivity index (χ0n) is 16.7. The highest BCUT2D eigenvalue weighted by Crippen LogP contribution is 2.20. The van der Waals surface area contributed by atoms with Crippen LogP contribution in [0.25, 0.3) is 11.4 Å². The summed E-state index contributed by atoms with van der Waals surface area (Å²) in [6, 6.07) is 16.1. The van der Waals surface area contributed by atoms with Crippen LogP contribution in [-0.2, 0) is 23.1 Å². The van der Waals surface area contributed by atoms with E-state index in [0.29, 0.717) is 11.5 Å². The molecular weight excluding hydrogens is 368 g/mol. The Morgan fingerprint density at radius 2 is 1.83 bits per heavy atom. The number of benzene rings is 2. The Morgan fingerprint density at radius 1 is 1.07 bits per heavy atom. The number of amides is 2. The van der Waals surface area contributed by atoms with Crippen molar-refractivity contribution in [2.45, 2.75) is 26.3 Å². The standard InChI is InChI=1S/C21H24N6O2/c1-14(2)19(23-18(28)12-15-8-5-4-6-9-15)21(29)22-17-11-7-10-16(13-17)20-24-25-26-27(20)3/h4-11,13-14,19H,12H2,1-3H3,(H,22,29)(H,23,28). The normalized spacial score (nSPS) is 11.9. The zero-order chi connectivity index (χ0) is 20.8. The van der Waals surface area contributed by atoms with Crippen molar-refractivity contribution >= 4 is 17.5 Å². The molecule has 3 aromatic rings. The monoisotopic (exact) mass is 392 g/mol. The SMILES string of the molecule is CC(C)C(NC(=O)Cc1ccccc1)C(=O)Nc1cccc(-c2nnnn2C)c1. The molecular formula is C21H24N6O2. The number of tetrazole rings is 1. The molecule has 2 aromatic carbocycles. The maximum absolute atomic E-state index is 12.8. The summed E-state index contributed by atoms with van der Waals surface area (Å²) in [7, 11) is 1.75. The van der Waals surface area contributed by atoms with Crippen molar-refractivity contribution < 1.29 is 9.59 Å². The van der Waals surface area contributed by atoms with E-state index in [1.54, 1.807) is 23.9 Å². The van der Waals surface area contributed by atoms with Gasteiger partial charge in [-0.3, -0.25) is 9.59 Å². The molecule has 1 aromatic heterocycles. The summed E-state index contributed by atoms with van der Waals surface area (Å²) < 4.78 is 1.56. The van der Waals surface area contributed by atoms with Crippen molar-refractivity contribution in [2.75, 3.05) is 5.32 Å². The first-order valence-corrected chi connectivity index (χ1v) is 9.41. The molecule has 0 aliphatic carbocycles. The molecule has 3 rings (SSSR count). The molecule has 0 spiro atoms. The van der Waals surface area contributed by atoms with E-state index in [4.69, 9.17) is 0 Å². The van der Waals surface area contributed by atoms with Crippen LogP contribution in [0.15, 0.2) is 54.6 Å². The quantitative estimate of drug-likeness (QED) is 0.642. The molecule has 8 nitrogen and oxygen atoms in total. The number of hydrogen-bond donors (Lipinski definition) is 2. The van der Waals surface area contributed by atoms with Gasteiger partial charge < -0.3 is 10.6 Å². The average Bonchev–Trinajstić information content (AvgIpc) is 3.13. The molecule has 0 fully saturated rings. The molecule has 0 aliphatic rings. The molecule has 1 unspecified atom stereocenters. The van der Waals surface area contributed by atoms with Crippen molar-refractivity contribution in [3.05, 3.63) is 60.2 Å². The molecule has 0 saturated heterocycles. The smallest absolute Gasteiger partial charge is 0.247 e. The highest BCUT2D eigenvalue weighted by atomic mass is 16.2. The van der Waals surface area contributed by atoms with Gasteiger partial charge in [0.05, 0.1) is 6.42 Å². The number of nitrogens with one attached hydrogen (secondary N) is 2. The number of nitrogens with zero attached hydrogens (tertiary/aromatic N) is 4. The first-order chi connectivity index (χ1) is 13.9. The molecule has 2 amide bonds. The van der Waals surface area contributed by atoms with Crippen LogP contribution >= 0.6 is 0 Å². The summed E-state index contributed by atoms with van der Waals surface area (Å²) in [4.78, 5) is 25.3. The Labute approximate surface area is 169 Å². The van der Waals surface area contributed by atoms with E-state index in [2.05, 4.69) is 26.2 Å². The molecule has 8 heteroatoms. The van der Waals surface area contributed by atoms with Crippen molar-refractivity contribution in [3.63, 3.8) is 0 Å². The van der Waals surface area contributed by atoms with Gasteiger partial charge in [-0.1, -0.05) is 56.3 Å². The third kappa shape index (κ3) is 5.25. The predicted octanol–water partition coefficient (Wildman–Crippen LogP) is 2.20. The second-order valence-corrected chi connectivity index (χ2v) is 7.15. The Morgan fingerprint density at radius 3 is 2.48 bits per heavy atom. The lowest BCUT2D eigenvalue weighted by molar-refractivity contribution is -0.127. The minimum atomic E-state index is -0.647. The first-order valence-electron chi connectivity index (χ1n) is 9.41. The molecule has 1 atom stereocenters. The highest BCUT2D eigenvalue weighted by Gasteiger charge is 2.24. The molecule has 1 heterocycles. The van der Waals surface area contributed by atoms with Crippen LogP contribution in [0.1, 0.15) is 19.4 Å². The van der Waals surface area contributed by atoms with Crippen LogP contribution in [0.3, 0.4) is 0 Å². The van der Waals surface area contributed by atoms with E-state index >= 15 is 0 Å². The number of aromatic nitrogens is 4. The highest BCUT2D eigenvalue weighted by molar-refractivity contribution is 5.98. The van der Waals surface area contributed by atoms with E-state index in [1.807, 2.05) is 56.3 Å². The fourth-order valence-electron chi connectivity index (χ4n) is 2.97. The number of rotatable bonds is 7. The minimum absolute atomic E-state index is 0.0687. The molecule has 29 heavy (non-hydrogen) atoms. The van der Waals surface area contributed by atoms with Gasteiger partial charge in [-0.2, -0.15) is 0 Å². The number of anilines is 1. The van der Waals surface area contributed by atoms with Crippen LogP contribution in [0.2, 0.25) is 0 Å². The zero-order valence-corrected chi connectivity index (χ0v) is 16.7. The molecule has 0 bridgehead atoms. The maximum atomic E-state index is 12.8. The van der Waals surface area contributed by atoms with Crippen molar-refractivity contribution in [1.29, 1.82) is 0 Å². The number of carbonyl (C=O) groups excluding carboxylic acids is 2. The molecule has 150 valence electrons. The lowest BCUT2D eigenvalue weighted by atomic mass is 10.0. The summed E-state index contributed by atoms with van der Waals surface area (Å²) in [5, 5.41) is 17.2. The van der Waals surface area contributed by atoms with E-state index in [9.17, 15) is 9.59 Å². The Hall–Kier alpha value is -3.55. The van der Waals surface area contributed by atoms with Crippen LogP contribution in [0, 0.1) is 5.92 Å². The summed E-state index contributed by atoms with van der Waals surface area (Å²) in [5.74, 6) is 0.0668. The fourth-order valence-corrected chi connectivity index (χ4v) is 2.97. The van der Waals surface area contributed by atoms with Crippen LogP contribution < -0.4 is 10.6 Å². The summed E-state index contributed by atoms with van der Waals surface area (Å²) in [6.07, 6.45) is 0.228. The van der Waals surface area contributed by atoms with Gasteiger partial charge in [0.1, 0.15) is 6.04 Å². The first kappa shape index (κ1) is 20.2. The van der Waals surface area contributed by atoms with Crippen molar-refractivity contribution in [3.8, 4) is 11.4 Å². The fraction of sp³-hybridized carbons (Fsp3) is 0.286. The van der Waals surface area contributed by atoms with Gasteiger partial charge in [0.2, 0.25) is 11.8 Å². The Bertz CT molecular complexity index is 984. The molecule has 0 aliphatic heterocycles. The number of carbonyl (C=O) groups is 2. The Kier molecular flexibility index (Phi) is 6.33. The summed E-state index contributed by atoms with van der Waals surface area (Å²) >= 11 is 0. The van der Waals surface area contributed by atoms with E-state index < -0.39 is 6.04 Å². The second kappa shape index (κ2) is 9.09. The Balaban J connectivity index is 1.68. The van der Waals surface area contributed by atoms with Gasteiger partial charge in [0.15, 0.2) is 5.82 Å². The predicted molar refractivity (Wildman–Crippen MR) is 110 cm³/mol. The second-order valence-electron chi connectivity index (χ2n) is 7.15. The third-order valence-corrected chi connectivity index (χ3v) is 4.48. The molecule has 2 N–H and O–H groups in total. The third-order valence-electron chi connectivity index (χ3n) is 4.48. The van der Waals surface area contributed by atoms with Crippen LogP contribution in [0.5, 0.6) is 0 Å². The minimum Gasteiger partial charge on any atom is -0.344 e. The van der Waals surface area contributed by atoms with E-state index in [-0.39, 0.29) is 24.2 Å². The summed E-state index contributed by atoms with van der Waals surface area (Å²) in [5.41, 5.74) is 2.29. The number of hydrogen-bond acceptors (Lipinski definition) is 5. The van der Waals surface area contributed by atoms with Crippen LogP contribution in [0.4, 0.5) is 5.69 Å².